The summed E-state index contributed by atoms with van der Waals surface area (Å²) < 4.78 is 1.43. The van der Waals surface area contributed by atoms with Gasteiger partial charge in [0.1, 0.15) is 17.5 Å². The highest BCUT2D eigenvalue weighted by molar-refractivity contribution is 8.00. The van der Waals surface area contributed by atoms with E-state index < -0.39 is 5.25 Å². The van der Waals surface area contributed by atoms with Gasteiger partial charge in [0.25, 0.3) is 5.56 Å². The molecule has 0 saturated heterocycles. The summed E-state index contributed by atoms with van der Waals surface area (Å²) in [5, 5.41) is 15.6. The number of hydrogen-bond donors (Lipinski definition) is 2. The summed E-state index contributed by atoms with van der Waals surface area (Å²) in [5.74, 6) is 0.0731. The van der Waals surface area contributed by atoms with Crippen molar-refractivity contribution in [2.24, 2.45) is 7.05 Å². The van der Waals surface area contributed by atoms with Gasteiger partial charge in [-0.3, -0.25) is 14.3 Å². The van der Waals surface area contributed by atoms with Crippen LogP contribution in [0.5, 0.6) is 0 Å². The molecule has 0 aliphatic heterocycles. The van der Waals surface area contributed by atoms with Crippen LogP contribution in [0, 0.1) is 18.3 Å². The first kappa shape index (κ1) is 16.8. The van der Waals surface area contributed by atoms with Gasteiger partial charge in [0.15, 0.2) is 5.16 Å². The van der Waals surface area contributed by atoms with Gasteiger partial charge in [-0.05, 0) is 13.3 Å². The van der Waals surface area contributed by atoms with Crippen molar-refractivity contribution in [3.63, 3.8) is 0 Å². The van der Waals surface area contributed by atoms with Crippen LogP contribution in [0.2, 0.25) is 0 Å². The van der Waals surface area contributed by atoms with Crippen molar-refractivity contribution in [2.75, 3.05) is 5.32 Å². The number of anilines is 1. The predicted molar refractivity (Wildman–Crippen MR) is 86.1 cm³/mol. The third kappa shape index (κ3) is 3.98. The zero-order valence-corrected chi connectivity index (χ0v) is 13.8. The van der Waals surface area contributed by atoms with Gasteiger partial charge in [0.05, 0.1) is 11.4 Å². The van der Waals surface area contributed by atoms with Crippen LogP contribution in [0.1, 0.15) is 24.6 Å². The maximum Gasteiger partial charge on any atom is 0.251 e. The van der Waals surface area contributed by atoms with Crippen LogP contribution in [0.4, 0.5) is 5.82 Å². The number of carbonyl (C=O) groups excluding carboxylic acids is 1. The van der Waals surface area contributed by atoms with E-state index in [4.69, 9.17) is 5.26 Å². The lowest BCUT2D eigenvalue weighted by Crippen LogP contribution is -2.26. The van der Waals surface area contributed by atoms with Gasteiger partial charge in [-0.25, -0.2) is 4.98 Å². The highest BCUT2D eigenvalue weighted by Gasteiger charge is 2.22. The van der Waals surface area contributed by atoms with Crippen molar-refractivity contribution >= 4 is 23.5 Å². The van der Waals surface area contributed by atoms with Crippen molar-refractivity contribution < 1.29 is 4.79 Å². The third-order valence-corrected chi connectivity index (χ3v) is 4.31. The fourth-order valence-electron chi connectivity index (χ4n) is 1.93. The summed E-state index contributed by atoms with van der Waals surface area (Å²) >= 11 is 1.18. The van der Waals surface area contributed by atoms with Crippen LogP contribution in [0.15, 0.2) is 22.2 Å². The molecule has 9 heteroatoms. The van der Waals surface area contributed by atoms with E-state index in [9.17, 15) is 9.59 Å². The molecule has 2 heterocycles. The Balaban J connectivity index is 2.17. The Bertz CT molecular complexity index is 819. The molecule has 0 saturated carbocycles. The number of aryl methyl sites for hydroxylation is 2. The van der Waals surface area contributed by atoms with Gasteiger partial charge in [-0.15, -0.1) is 0 Å². The Morgan fingerprint density at radius 3 is 2.96 bits per heavy atom. The van der Waals surface area contributed by atoms with Crippen LogP contribution < -0.4 is 10.9 Å². The Morgan fingerprint density at radius 2 is 2.35 bits per heavy atom. The number of aromatic amines is 1. The third-order valence-electron chi connectivity index (χ3n) is 3.07. The minimum Gasteiger partial charge on any atom is -0.309 e. The van der Waals surface area contributed by atoms with E-state index in [1.54, 1.807) is 14.0 Å². The lowest BCUT2D eigenvalue weighted by Gasteiger charge is -2.14. The number of nitrogens with zero attached hydrogens (tertiary/aromatic N) is 4. The highest BCUT2D eigenvalue weighted by Crippen LogP contribution is 2.23. The number of aromatic nitrogens is 4. The first-order valence-corrected chi connectivity index (χ1v) is 7.80. The minimum absolute atomic E-state index is 0.256. The van der Waals surface area contributed by atoms with Gasteiger partial charge in [0.2, 0.25) is 5.91 Å². The zero-order chi connectivity index (χ0) is 17.0. The average Bonchev–Trinajstić information content (AvgIpc) is 2.84. The normalized spacial score (nSPS) is 11.7. The number of nitriles is 1. The van der Waals surface area contributed by atoms with Crippen molar-refractivity contribution in [1.82, 2.24) is 19.7 Å². The van der Waals surface area contributed by atoms with Gasteiger partial charge < -0.3 is 10.3 Å². The molecule has 1 amide bonds. The summed E-state index contributed by atoms with van der Waals surface area (Å²) in [6, 6.07) is 3.37. The Labute approximate surface area is 136 Å². The molecule has 120 valence electrons. The lowest BCUT2D eigenvalue weighted by atomic mass is 10.3. The van der Waals surface area contributed by atoms with E-state index in [0.29, 0.717) is 28.7 Å². The molecule has 1 unspecified atom stereocenters. The van der Waals surface area contributed by atoms with Gasteiger partial charge in [-0.2, -0.15) is 10.4 Å². The molecule has 0 aliphatic rings. The van der Waals surface area contributed by atoms with Crippen LogP contribution >= 0.6 is 11.8 Å². The second kappa shape index (κ2) is 7.11. The topological polar surface area (TPSA) is 116 Å². The van der Waals surface area contributed by atoms with Gasteiger partial charge >= 0.3 is 0 Å². The second-order valence-corrected chi connectivity index (χ2v) is 6.03. The molecule has 23 heavy (non-hydrogen) atoms. The molecule has 0 radical (unpaired) electrons. The molecule has 2 N–H and O–H groups in total. The summed E-state index contributed by atoms with van der Waals surface area (Å²) in [6.45, 7) is 3.58. The van der Waals surface area contributed by atoms with Crippen molar-refractivity contribution in [2.45, 2.75) is 30.7 Å². The largest absolute Gasteiger partial charge is 0.309 e. The smallest absolute Gasteiger partial charge is 0.251 e. The van der Waals surface area contributed by atoms with Crippen LogP contribution in [-0.2, 0) is 11.8 Å². The molecule has 0 spiro atoms. The fraction of sp³-hybridized carbons (Fsp3) is 0.357. The lowest BCUT2D eigenvalue weighted by molar-refractivity contribution is -0.115. The summed E-state index contributed by atoms with van der Waals surface area (Å²) in [4.78, 5) is 30.7. The number of carbonyl (C=O) groups is 1. The predicted octanol–water partition coefficient (Wildman–Crippen LogP) is 1.19. The first-order valence-electron chi connectivity index (χ1n) is 6.92. The number of H-pyrrole nitrogens is 1. The maximum absolute atomic E-state index is 12.4. The zero-order valence-electron chi connectivity index (χ0n) is 13.0. The molecule has 1 atom stereocenters. The minimum atomic E-state index is -0.457. The monoisotopic (exact) mass is 332 g/mol. The molecule has 0 aromatic carbocycles. The van der Waals surface area contributed by atoms with E-state index in [0.717, 1.165) is 0 Å². The standard InChI is InChI=1S/C14H16N6O2S/c1-4-10(23-14-17-8(2)5-11(21)18-14)13(22)19-12-9(6-15)7-16-20(12)3/h5,7,10H,4H2,1-3H3,(H,19,22)(H,17,18,21). The Morgan fingerprint density at radius 1 is 1.61 bits per heavy atom. The van der Waals surface area contributed by atoms with Crippen LogP contribution in [0.3, 0.4) is 0 Å². The molecule has 0 bridgehead atoms. The number of nitrogens with one attached hydrogen (secondary N) is 2. The number of amides is 1. The molecular formula is C14H16N6O2S. The van der Waals surface area contributed by atoms with Crippen LogP contribution in [0.25, 0.3) is 0 Å². The second-order valence-electron chi connectivity index (χ2n) is 4.84. The average molecular weight is 332 g/mol. The van der Waals surface area contributed by atoms with E-state index >= 15 is 0 Å². The summed E-state index contributed by atoms with van der Waals surface area (Å²) in [5.41, 5.74) is 0.626. The van der Waals surface area contributed by atoms with E-state index in [1.807, 2.05) is 13.0 Å². The number of rotatable bonds is 5. The SMILES string of the molecule is CCC(Sc1nc(C)cc(=O)[nH]1)C(=O)Nc1c(C#N)cnn1C. The molecule has 2 aromatic heterocycles. The number of thioether (sulfide) groups is 1. The molecular weight excluding hydrogens is 316 g/mol. The molecule has 2 aromatic rings. The Kier molecular flexibility index (Phi) is 5.18. The summed E-state index contributed by atoms with van der Waals surface area (Å²) in [7, 11) is 1.64. The Hall–Kier alpha value is -2.60. The highest BCUT2D eigenvalue weighted by atomic mass is 32.2. The number of hydrogen-bond acceptors (Lipinski definition) is 6. The van der Waals surface area contributed by atoms with Crippen molar-refractivity contribution in [3.05, 3.63) is 33.9 Å². The van der Waals surface area contributed by atoms with E-state index in [1.165, 1.54) is 28.7 Å². The van der Waals surface area contributed by atoms with E-state index in [-0.39, 0.29) is 11.5 Å². The quantitative estimate of drug-likeness (QED) is 0.627. The van der Waals surface area contributed by atoms with E-state index in [2.05, 4.69) is 20.4 Å². The van der Waals surface area contributed by atoms with Crippen molar-refractivity contribution in [1.29, 1.82) is 5.26 Å². The van der Waals surface area contributed by atoms with Gasteiger partial charge in [0, 0.05) is 18.8 Å². The summed E-state index contributed by atoms with van der Waals surface area (Å²) in [6.07, 6.45) is 1.93. The molecule has 0 aliphatic carbocycles. The maximum atomic E-state index is 12.4. The van der Waals surface area contributed by atoms with Crippen LogP contribution in [-0.4, -0.2) is 30.9 Å². The molecule has 2 rings (SSSR count). The van der Waals surface area contributed by atoms with Crippen molar-refractivity contribution in [3.8, 4) is 6.07 Å². The molecule has 8 nitrogen and oxygen atoms in total. The first-order chi connectivity index (χ1) is 10.9. The fourth-order valence-corrected chi connectivity index (χ4v) is 2.89. The van der Waals surface area contributed by atoms with Gasteiger partial charge in [-0.1, -0.05) is 18.7 Å². The molecule has 0 fully saturated rings.